The molecule has 1 amide bonds. The normalized spacial score (nSPS) is 10.7. The highest BCUT2D eigenvalue weighted by Crippen LogP contribution is 2.24. The fourth-order valence-corrected chi connectivity index (χ4v) is 3.73. The van der Waals surface area contributed by atoms with Gasteiger partial charge in [0.2, 0.25) is 0 Å². The minimum Gasteiger partial charge on any atom is -0.492 e. The Morgan fingerprint density at radius 1 is 1.17 bits per heavy atom. The summed E-state index contributed by atoms with van der Waals surface area (Å²) in [6.07, 6.45) is 3.68. The van der Waals surface area contributed by atoms with Crippen molar-refractivity contribution in [1.82, 2.24) is 19.7 Å². The van der Waals surface area contributed by atoms with E-state index in [-0.39, 0.29) is 5.91 Å². The van der Waals surface area contributed by atoms with E-state index >= 15 is 0 Å². The lowest BCUT2D eigenvalue weighted by Gasteiger charge is -2.16. The first kappa shape index (κ1) is 19.8. The summed E-state index contributed by atoms with van der Waals surface area (Å²) in [6, 6.07) is 17.7. The smallest absolute Gasteiger partial charge is 0.273 e. The first-order valence-corrected chi connectivity index (χ1v) is 10.5. The summed E-state index contributed by atoms with van der Waals surface area (Å²) in [7, 11) is 1.76. The van der Waals surface area contributed by atoms with Crippen molar-refractivity contribution in [1.29, 1.82) is 0 Å². The van der Waals surface area contributed by atoms with Crippen molar-refractivity contribution in [2.24, 2.45) is 0 Å². The number of nitrogens with zero attached hydrogens (tertiary/aromatic N) is 4. The van der Waals surface area contributed by atoms with Crippen LogP contribution < -0.4 is 4.74 Å². The second-order valence-corrected chi connectivity index (χ2v) is 7.80. The monoisotopic (exact) mass is 418 g/mol. The quantitative estimate of drug-likeness (QED) is 0.445. The summed E-state index contributed by atoms with van der Waals surface area (Å²) in [4.78, 5) is 18.9. The minimum absolute atomic E-state index is 0.124. The lowest BCUT2D eigenvalue weighted by Crippen LogP contribution is -2.31. The van der Waals surface area contributed by atoms with Crippen LogP contribution in [0.15, 0.2) is 72.4 Å². The van der Waals surface area contributed by atoms with E-state index in [2.05, 4.69) is 10.1 Å². The topological polar surface area (TPSA) is 60.2 Å². The van der Waals surface area contributed by atoms with Gasteiger partial charge in [-0.2, -0.15) is 5.10 Å². The lowest BCUT2D eigenvalue weighted by atomic mass is 10.2. The van der Waals surface area contributed by atoms with E-state index in [0.717, 1.165) is 27.6 Å². The maximum absolute atomic E-state index is 12.7. The summed E-state index contributed by atoms with van der Waals surface area (Å²) in [5.74, 6) is 0.683. The van der Waals surface area contributed by atoms with Gasteiger partial charge in [0.05, 0.1) is 18.4 Å². The predicted octanol–water partition coefficient (Wildman–Crippen LogP) is 4.46. The number of para-hydroxylation sites is 1. The summed E-state index contributed by atoms with van der Waals surface area (Å²) in [5, 5.41) is 6.95. The number of aromatic nitrogens is 3. The molecule has 6 nitrogen and oxygen atoms in total. The molecule has 30 heavy (non-hydrogen) atoms. The highest BCUT2D eigenvalue weighted by Gasteiger charge is 2.17. The van der Waals surface area contributed by atoms with Gasteiger partial charge in [0, 0.05) is 24.2 Å². The molecule has 152 valence electrons. The van der Waals surface area contributed by atoms with Crippen LogP contribution >= 0.6 is 11.3 Å². The second kappa shape index (κ2) is 8.92. The van der Waals surface area contributed by atoms with Gasteiger partial charge in [-0.05, 0) is 36.8 Å². The fourth-order valence-electron chi connectivity index (χ4n) is 2.96. The van der Waals surface area contributed by atoms with E-state index in [4.69, 9.17) is 4.74 Å². The molecule has 0 N–H and O–H groups in total. The largest absolute Gasteiger partial charge is 0.492 e. The van der Waals surface area contributed by atoms with E-state index in [9.17, 15) is 4.79 Å². The number of likely N-dealkylation sites (N-methyl/N-ethyl adjacent to an activating group) is 1. The summed E-state index contributed by atoms with van der Waals surface area (Å²) in [6.45, 7) is 2.92. The number of thiazole rings is 1. The van der Waals surface area contributed by atoms with Crippen molar-refractivity contribution in [3.8, 4) is 22.0 Å². The van der Waals surface area contributed by atoms with E-state index in [1.54, 1.807) is 28.2 Å². The molecule has 0 aliphatic heterocycles. The van der Waals surface area contributed by atoms with Gasteiger partial charge in [-0.25, -0.2) is 9.67 Å². The molecule has 0 saturated carbocycles. The van der Waals surface area contributed by atoms with Crippen LogP contribution in [0.1, 0.15) is 16.1 Å². The van der Waals surface area contributed by atoms with Crippen LogP contribution in [0.3, 0.4) is 0 Å². The Hall–Kier alpha value is -3.45. The van der Waals surface area contributed by atoms with Crippen LogP contribution in [0.2, 0.25) is 0 Å². The van der Waals surface area contributed by atoms with Crippen LogP contribution in [-0.4, -0.2) is 45.8 Å². The Kier molecular flexibility index (Phi) is 5.90. The molecule has 2 aromatic carbocycles. The van der Waals surface area contributed by atoms with E-state index in [0.29, 0.717) is 18.8 Å². The third kappa shape index (κ3) is 4.58. The highest BCUT2D eigenvalue weighted by atomic mass is 32.1. The van der Waals surface area contributed by atoms with Crippen molar-refractivity contribution in [3.05, 3.63) is 83.6 Å². The van der Waals surface area contributed by atoms with Crippen LogP contribution in [0.25, 0.3) is 16.3 Å². The standard InChI is InChI=1S/C23H22N4O2S/c1-17-7-6-10-20(13-17)29-12-11-26(2)23(28)21-16-30-22(25-21)18-14-24-27(15-18)19-8-4-3-5-9-19/h3-10,13-16H,11-12H2,1-2H3. The average Bonchev–Trinajstić information content (AvgIpc) is 3.44. The average molecular weight is 419 g/mol. The molecule has 4 aromatic rings. The van der Waals surface area contributed by atoms with Crippen molar-refractivity contribution >= 4 is 17.2 Å². The first-order valence-electron chi connectivity index (χ1n) is 9.61. The number of hydrogen-bond donors (Lipinski definition) is 0. The Morgan fingerprint density at radius 2 is 2.00 bits per heavy atom. The maximum Gasteiger partial charge on any atom is 0.273 e. The molecule has 0 radical (unpaired) electrons. The number of ether oxygens (including phenoxy) is 1. The molecular weight excluding hydrogens is 396 g/mol. The van der Waals surface area contributed by atoms with E-state index in [1.807, 2.05) is 67.7 Å². The first-order chi connectivity index (χ1) is 14.6. The zero-order chi connectivity index (χ0) is 20.9. The van der Waals surface area contributed by atoms with Gasteiger partial charge in [0.1, 0.15) is 23.1 Å². The zero-order valence-corrected chi connectivity index (χ0v) is 17.7. The van der Waals surface area contributed by atoms with Crippen LogP contribution in [-0.2, 0) is 0 Å². The predicted molar refractivity (Wildman–Crippen MR) is 118 cm³/mol. The molecule has 0 aliphatic carbocycles. The summed E-state index contributed by atoms with van der Waals surface area (Å²) >= 11 is 1.44. The number of benzene rings is 2. The Labute approximate surface area is 179 Å². The molecule has 0 unspecified atom stereocenters. The van der Waals surface area contributed by atoms with Crippen LogP contribution in [0, 0.1) is 6.92 Å². The molecule has 0 aliphatic rings. The van der Waals surface area contributed by atoms with Crippen molar-refractivity contribution < 1.29 is 9.53 Å². The molecule has 4 rings (SSSR count). The second-order valence-electron chi connectivity index (χ2n) is 6.94. The van der Waals surface area contributed by atoms with Gasteiger partial charge >= 0.3 is 0 Å². The van der Waals surface area contributed by atoms with Gasteiger partial charge in [0.25, 0.3) is 5.91 Å². The zero-order valence-electron chi connectivity index (χ0n) is 16.9. The van der Waals surface area contributed by atoms with Crippen molar-refractivity contribution in [2.45, 2.75) is 6.92 Å². The van der Waals surface area contributed by atoms with E-state index in [1.165, 1.54) is 11.3 Å². The molecule has 0 bridgehead atoms. The fraction of sp³-hybridized carbons (Fsp3) is 0.174. The molecule has 2 aromatic heterocycles. The molecule has 0 spiro atoms. The van der Waals surface area contributed by atoms with Crippen LogP contribution in [0.5, 0.6) is 5.75 Å². The van der Waals surface area contributed by atoms with E-state index < -0.39 is 0 Å². The number of rotatable bonds is 7. The summed E-state index contributed by atoms with van der Waals surface area (Å²) < 4.78 is 7.54. The van der Waals surface area contributed by atoms with Crippen LogP contribution in [0.4, 0.5) is 0 Å². The number of carbonyl (C=O) groups excluding carboxylic acids is 1. The lowest BCUT2D eigenvalue weighted by molar-refractivity contribution is 0.0769. The molecule has 0 saturated heterocycles. The SMILES string of the molecule is Cc1cccc(OCCN(C)C(=O)c2csc(-c3cnn(-c4ccccc4)c3)n2)c1. The number of carbonyl (C=O) groups is 1. The van der Waals surface area contributed by atoms with Gasteiger partial charge in [0.15, 0.2) is 0 Å². The van der Waals surface area contributed by atoms with Gasteiger partial charge < -0.3 is 9.64 Å². The Bertz CT molecular complexity index is 1140. The minimum atomic E-state index is -0.124. The van der Waals surface area contributed by atoms with Crippen molar-refractivity contribution in [3.63, 3.8) is 0 Å². The number of amides is 1. The van der Waals surface area contributed by atoms with Gasteiger partial charge in [-0.3, -0.25) is 4.79 Å². The van der Waals surface area contributed by atoms with Gasteiger partial charge in [-0.1, -0.05) is 30.3 Å². The maximum atomic E-state index is 12.7. The Morgan fingerprint density at radius 3 is 2.80 bits per heavy atom. The molecule has 0 atom stereocenters. The molecule has 7 heteroatoms. The summed E-state index contributed by atoms with van der Waals surface area (Å²) in [5.41, 5.74) is 3.43. The molecular formula is C23H22N4O2S. The number of hydrogen-bond acceptors (Lipinski definition) is 5. The highest BCUT2D eigenvalue weighted by molar-refractivity contribution is 7.13. The number of aryl methyl sites for hydroxylation is 1. The molecule has 2 heterocycles. The Balaban J connectivity index is 1.37. The molecule has 0 fully saturated rings. The van der Waals surface area contributed by atoms with Crippen molar-refractivity contribution in [2.75, 3.05) is 20.2 Å². The third-order valence-electron chi connectivity index (χ3n) is 4.61. The van der Waals surface area contributed by atoms with Gasteiger partial charge in [-0.15, -0.1) is 11.3 Å². The third-order valence-corrected chi connectivity index (χ3v) is 5.50.